The lowest BCUT2D eigenvalue weighted by molar-refractivity contribution is -0.140. The number of nitrogens with zero attached hydrogens (tertiary/aromatic N) is 2. The Kier molecular flexibility index (Phi) is 7.39. The zero-order valence-electron chi connectivity index (χ0n) is 20.6. The number of amides is 1. The minimum Gasteiger partial charge on any atom is -0.481 e. The van der Waals surface area contributed by atoms with Gasteiger partial charge in [0.15, 0.2) is 5.65 Å². The second-order valence-corrected chi connectivity index (χ2v) is 10.9. The van der Waals surface area contributed by atoms with Gasteiger partial charge in [0.05, 0.1) is 11.9 Å². The summed E-state index contributed by atoms with van der Waals surface area (Å²) >= 11 is 0. The van der Waals surface area contributed by atoms with E-state index in [1.54, 1.807) is 6.20 Å². The van der Waals surface area contributed by atoms with Crippen molar-refractivity contribution in [3.63, 3.8) is 0 Å². The number of hydrogen-bond acceptors (Lipinski definition) is 4. The number of rotatable bonds is 9. The number of aromatic nitrogens is 3. The maximum absolute atomic E-state index is 12.8. The summed E-state index contributed by atoms with van der Waals surface area (Å²) in [5.74, 6) is 1.84. The summed E-state index contributed by atoms with van der Waals surface area (Å²) in [5, 5.41) is 12.5. The van der Waals surface area contributed by atoms with E-state index >= 15 is 0 Å². The molecular weight excluding hydrogens is 428 g/mol. The Morgan fingerprint density at radius 2 is 2.03 bits per heavy atom. The van der Waals surface area contributed by atoms with Gasteiger partial charge in [0.2, 0.25) is 5.91 Å². The summed E-state index contributed by atoms with van der Waals surface area (Å²) in [4.78, 5) is 36.6. The molecule has 2 heterocycles. The van der Waals surface area contributed by atoms with Gasteiger partial charge in [-0.25, -0.2) is 9.97 Å². The molecule has 184 valence electrons. The standard InChI is InChI=1S/C27H38N4O3/c1-17(2)21-12-19(13-23-30-22-7-6-10-28-26(22)31-23)18(3)11-20(21)16-29-24(32)14-27(15-25(33)34)8-4-5-9-27/h6-7,10-11,17,19-21H,4-5,8-9,12-16H2,1-3H3,(H,29,32)(H,33,34)(H,28,30,31)/t19-,20-,21-/m0/s1. The largest absolute Gasteiger partial charge is 0.481 e. The molecule has 1 amide bonds. The van der Waals surface area contributed by atoms with Crippen LogP contribution < -0.4 is 5.32 Å². The van der Waals surface area contributed by atoms with Crippen LogP contribution in [0.3, 0.4) is 0 Å². The second kappa shape index (κ2) is 10.3. The van der Waals surface area contributed by atoms with E-state index in [1.807, 2.05) is 12.1 Å². The summed E-state index contributed by atoms with van der Waals surface area (Å²) in [5.41, 5.74) is 2.72. The third-order valence-electron chi connectivity index (χ3n) is 8.09. The van der Waals surface area contributed by atoms with Gasteiger partial charge in [0.1, 0.15) is 5.82 Å². The molecule has 4 rings (SSSR count). The topological polar surface area (TPSA) is 108 Å². The number of carbonyl (C=O) groups excluding carboxylic acids is 1. The number of carbonyl (C=O) groups is 2. The van der Waals surface area contributed by atoms with Crippen molar-refractivity contribution < 1.29 is 14.7 Å². The molecule has 7 nitrogen and oxygen atoms in total. The fraction of sp³-hybridized carbons (Fsp3) is 0.630. The Hall–Kier alpha value is -2.70. The van der Waals surface area contributed by atoms with Gasteiger partial charge < -0.3 is 15.4 Å². The van der Waals surface area contributed by atoms with Gasteiger partial charge in [-0.15, -0.1) is 0 Å². The number of carboxylic acids is 1. The van der Waals surface area contributed by atoms with Crippen LogP contribution in [0.4, 0.5) is 0 Å². The third-order valence-corrected chi connectivity index (χ3v) is 8.09. The summed E-state index contributed by atoms with van der Waals surface area (Å²) in [6.07, 6.45) is 10.2. The first-order valence-corrected chi connectivity index (χ1v) is 12.7. The van der Waals surface area contributed by atoms with E-state index < -0.39 is 5.97 Å². The maximum Gasteiger partial charge on any atom is 0.303 e. The fourth-order valence-electron chi connectivity index (χ4n) is 6.23. The molecule has 2 aliphatic carbocycles. The van der Waals surface area contributed by atoms with Gasteiger partial charge in [-0.2, -0.15) is 0 Å². The van der Waals surface area contributed by atoms with Crippen LogP contribution in [-0.2, 0) is 16.0 Å². The van der Waals surface area contributed by atoms with Crippen LogP contribution in [0.2, 0.25) is 0 Å². The molecule has 1 fully saturated rings. The highest BCUT2D eigenvalue weighted by molar-refractivity contribution is 5.78. The van der Waals surface area contributed by atoms with Crippen molar-refractivity contribution >= 4 is 23.0 Å². The SMILES string of the molecule is CC1=C[C@@H](CNC(=O)CC2(CC(=O)O)CCCC2)[C@H](C(C)C)C[C@H]1Cc1nc2ncccc2[nH]1. The van der Waals surface area contributed by atoms with Crippen LogP contribution in [0.25, 0.3) is 11.2 Å². The Labute approximate surface area is 201 Å². The number of aliphatic carboxylic acids is 1. The smallest absolute Gasteiger partial charge is 0.303 e. The first-order chi connectivity index (χ1) is 16.2. The Balaban J connectivity index is 1.39. The van der Waals surface area contributed by atoms with E-state index in [9.17, 15) is 14.7 Å². The van der Waals surface area contributed by atoms with E-state index in [0.29, 0.717) is 30.7 Å². The van der Waals surface area contributed by atoms with Gasteiger partial charge in [0.25, 0.3) is 0 Å². The van der Waals surface area contributed by atoms with Crippen LogP contribution >= 0.6 is 0 Å². The highest BCUT2D eigenvalue weighted by atomic mass is 16.4. The zero-order chi connectivity index (χ0) is 24.3. The molecule has 2 aromatic heterocycles. The molecule has 0 aromatic carbocycles. The van der Waals surface area contributed by atoms with Crippen molar-refractivity contribution in [1.29, 1.82) is 0 Å². The molecule has 0 bridgehead atoms. The van der Waals surface area contributed by atoms with Gasteiger partial charge in [-0.1, -0.05) is 38.3 Å². The van der Waals surface area contributed by atoms with Gasteiger partial charge in [0, 0.05) is 25.6 Å². The van der Waals surface area contributed by atoms with Crippen LogP contribution in [0.1, 0.15) is 71.5 Å². The average molecular weight is 467 g/mol. The first kappa shape index (κ1) is 24.4. The van der Waals surface area contributed by atoms with Gasteiger partial charge in [-0.05, 0) is 67.4 Å². The minimum absolute atomic E-state index is 0.00592. The van der Waals surface area contributed by atoms with Crippen molar-refractivity contribution in [1.82, 2.24) is 20.3 Å². The minimum atomic E-state index is -0.799. The van der Waals surface area contributed by atoms with Crippen LogP contribution in [-0.4, -0.2) is 38.5 Å². The number of fused-ring (bicyclic) bond motifs is 1. The molecule has 0 saturated heterocycles. The van der Waals surface area contributed by atoms with Crippen molar-refractivity contribution in [2.24, 2.45) is 29.1 Å². The number of imidazole rings is 1. The van der Waals surface area contributed by atoms with E-state index in [0.717, 1.165) is 55.5 Å². The fourth-order valence-corrected chi connectivity index (χ4v) is 6.23. The molecule has 0 unspecified atom stereocenters. The molecule has 2 aromatic rings. The molecule has 0 aliphatic heterocycles. The Morgan fingerprint density at radius 1 is 1.26 bits per heavy atom. The highest BCUT2D eigenvalue weighted by Gasteiger charge is 2.38. The molecule has 34 heavy (non-hydrogen) atoms. The summed E-state index contributed by atoms with van der Waals surface area (Å²) < 4.78 is 0. The van der Waals surface area contributed by atoms with E-state index in [2.05, 4.69) is 47.1 Å². The number of pyridine rings is 1. The predicted octanol–water partition coefficient (Wildman–Crippen LogP) is 4.90. The lowest BCUT2D eigenvalue weighted by atomic mass is 9.69. The number of carboxylic acid groups (broad SMARTS) is 1. The summed E-state index contributed by atoms with van der Waals surface area (Å²) in [6, 6.07) is 3.92. The number of aromatic amines is 1. The molecule has 0 spiro atoms. The van der Waals surface area contributed by atoms with E-state index in [1.165, 1.54) is 5.57 Å². The molecule has 2 aliphatic rings. The quantitative estimate of drug-likeness (QED) is 0.456. The molecular formula is C27H38N4O3. The highest BCUT2D eigenvalue weighted by Crippen LogP contribution is 2.44. The lowest BCUT2D eigenvalue weighted by Crippen LogP contribution is -2.39. The van der Waals surface area contributed by atoms with Crippen molar-refractivity contribution in [3.05, 3.63) is 35.8 Å². The zero-order valence-corrected chi connectivity index (χ0v) is 20.6. The number of nitrogens with one attached hydrogen (secondary N) is 2. The van der Waals surface area contributed by atoms with E-state index in [4.69, 9.17) is 0 Å². The normalized spacial score (nSPS) is 24.4. The average Bonchev–Trinajstić information content (AvgIpc) is 3.39. The molecule has 7 heteroatoms. The summed E-state index contributed by atoms with van der Waals surface area (Å²) in [7, 11) is 0. The second-order valence-electron chi connectivity index (χ2n) is 10.9. The lowest BCUT2D eigenvalue weighted by Gasteiger charge is -2.37. The van der Waals surface area contributed by atoms with Gasteiger partial charge >= 0.3 is 5.97 Å². The van der Waals surface area contributed by atoms with Gasteiger partial charge in [-0.3, -0.25) is 9.59 Å². The van der Waals surface area contributed by atoms with E-state index in [-0.39, 0.29) is 23.7 Å². The monoisotopic (exact) mass is 466 g/mol. The molecule has 3 N–H and O–H groups in total. The molecule has 0 radical (unpaired) electrons. The third kappa shape index (κ3) is 5.68. The number of allylic oxidation sites excluding steroid dienone is 1. The van der Waals surface area contributed by atoms with Crippen LogP contribution in [0, 0.1) is 29.1 Å². The maximum atomic E-state index is 12.8. The number of hydrogen-bond donors (Lipinski definition) is 3. The van der Waals surface area contributed by atoms with Crippen LogP contribution in [0.5, 0.6) is 0 Å². The molecule has 3 atom stereocenters. The number of H-pyrrole nitrogens is 1. The summed E-state index contributed by atoms with van der Waals surface area (Å²) in [6.45, 7) is 7.33. The van der Waals surface area contributed by atoms with Crippen molar-refractivity contribution in [2.75, 3.05) is 6.54 Å². The Morgan fingerprint density at radius 3 is 2.71 bits per heavy atom. The molecule has 1 saturated carbocycles. The van der Waals surface area contributed by atoms with Crippen molar-refractivity contribution in [3.8, 4) is 0 Å². The van der Waals surface area contributed by atoms with Crippen molar-refractivity contribution in [2.45, 2.75) is 72.1 Å². The van der Waals surface area contributed by atoms with Crippen LogP contribution in [0.15, 0.2) is 30.0 Å². The first-order valence-electron chi connectivity index (χ1n) is 12.7. The Bertz CT molecular complexity index is 1020. The predicted molar refractivity (Wildman–Crippen MR) is 132 cm³/mol.